The number of nitrogens with one attached hydrogen (secondary N) is 1. The number of aromatic nitrogens is 1. The van der Waals surface area contributed by atoms with Crippen LogP contribution in [-0.4, -0.2) is 22.0 Å². The molecule has 0 bridgehead atoms. The quantitative estimate of drug-likeness (QED) is 0.712. The molecule has 4 heteroatoms. The van der Waals surface area contributed by atoms with Gasteiger partial charge in [0.2, 0.25) is 0 Å². The fraction of sp³-hybridized carbons (Fsp3) is 0.273. The molecule has 0 unspecified atom stereocenters. The molecule has 0 saturated heterocycles. The van der Waals surface area contributed by atoms with Gasteiger partial charge >= 0.3 is 0 Å². The summed E-state index contributed by atoms with van der Waals surface area (Å²) < 4.78 is 0. The van der Waals surface area contributed by atoms with Crippen LogP contribution in [0.4, 0.5) is 0 Å². The highest BCUT2D eigenvalue weighted by molar-refractivity contribution is 5.94. The van der Waals surface area contributed by atoms with E-state index in [2.05, 4.69) is 10.3 Å². The van der Waals surface area contributed by atoms with E-state index in [0.717, 1.165) is 12.8 Å². The second-order valence-corrected chi connectivity index (χ2v) is 3.48. The minimum atomic E-state index is -0.318. The number of hydrogen-bond donors (Lipinski definition) is 2. The molecule has 0 aliphatic heterocycles. The van der Waals surface area contributed by atoms with Crippen LogP contribution in [-0.2, 0) is 0 Å². The Morgan fingerprint density at radius 3 is 2.87 bits per heavy atom. The summed E-state index contributed by atoms with van der Waals surface area (Å²) in [5.74, 6) is -0.400. The van der Waals surface area contributed by atoms with E-state index >= 15 is 0 Å². The standard InChI is InChI=1S/C11H12N2O2/c14-9-6-3-7-12-10(9)11(15)13-8-4-1-2-5-8/h1-3,6-8,14H,4-5H2,(H,13,15). The predicted molar refractivity (Wildman–Crippen MR) is 55.5 cm³/mol. The molecule has 0 atom stereocenters. The van der Waals surface area contributed by atoms with Crippen molar-refractivity contribution in [2.75, 3.05) is 0 Å². The van der Waals surface area contributed by atoms with E-state index in [1.54, 1.807) is 6.07 Å². The molecule has 2 N–H and O–H groups in total. The minimum absolute atomic E-state index is 0.0824. The van der Waals surface area contributed by atoms with Gasteiger partial charge in [0.05, 0.1) is 0 Å². The first-order valence-corrected chi connectivity index (χ1v) is 4.87. The molecule has 0 aromatic carbocycles. The van der Waals surface area contributed by atoms with E-state index in [9.17, 15) is 9.90 Å². The van der Waals surface area contributed by atoms with E-state index in [0.29, 0.717) is 0 Å². The van der Waals surface area contributed by atoms with Crippen molar-refractivity contribution < 1.29 is 9.90 Å². The highest BCUT2D eigenvalue weighted by atomic mass is 16.3. The van der Waals surface area contributed by atoms with Gasteiger partial charge in [0.1, 0.15) is 5.75 Å². The van der Waals surface area contributed by atoms with Crippen molar-refractivity contribution in [1.29, 1.82) is 0 Å². The van der Waals surface area contributed by atoms with Gasteiger partial charge in [-0.05, 0) is 25.0 Å². The number of hydrogen-bond acceptors (Lipinski definition) is 3. The second-order valence-electron chi connectivity index (χ2n) is 3.48. The molecule has 1 amide bonds. The third-order valence-electron chi connectivity index (χ3n) is 2.34. The summed E-state index contributed by atoms with van der Waals surface area (Å²) in [6, 6.07) is 3.18. The summed E-state index contributed by atoms with van der Waals surface area (Å²) in [5, 5.41) is 12.2. The smallest absolute Gasteiger partial charge is 0.273 e. The summed E-state index contributed by atoms with van der Waals surface area (Å²) in [5.41, 5.74) is 0.0874. The van der Waals surface area contributed by atoms with E-state index in [-0.39, 0.29) is 23.4 Å². The molecule has 2 rings (SSSR count). The van der Waals surface area contributed by atoms with Crippen molar-refractivity contribution in [2.24, 2.45) is 0 Å². The van der Waals surface area contributed by atoms with Gasteiger partial charge in [-0.25, -0.2) is 4.98 Å². The van der Waals surface area contributed by atoms with Crippen LogP contribution in [0.1, 0.15) is 23.3 Å². The molecule has 1 aromatic heterocycles. The van der Waals surface area contributed by atoms with E-state index in [1.165, 1.54) is 12.3 Å². The largest absolute Gasteiger partial charge is 0.505 e. The molecule has 0 saturated carbocycles. The SMILES string of the molecule is O=C(NC1CC=CC1)c1ncccc1O. The zero-order valence-electron chi connectivity index (χ0n) is 8.18. The third-order valence-corrected chi connectivity index (χ3v) is 2.34. The van der Waals surface area contributed by atoms with Crippen molar-refractivity contribution in [3.8, 4) is 5.75 Å². The number of aromatic hydroxyl groups is 1. The summed E-state index contributed by atoms with van der Waals surface area (Å²) in [6.45, 7) is 0. The molecule has 1 aliphatic carbocycles. The molecular formula is C11H12N2O2. The van der Waals surface area contributed by atoms with E-state index in [1.807, 2.05) is 12.2 Å². The van der Waals surface area contributed by atoms with Crippen molar-refractivity contribution in [3.63, 3.8) is 0 Å². The maximum Gasteiger partial charge on any atom is 0.273 e. The first-order chi connectivity index (χ1) is 7.27. The van der Waals surface area contributed by atoms with Gasteiger partial charge in [-0.2, -0.15) is 0 Å². The van der Waals surface area contributed by atoms with Gasteiger partial charge in [0.25, 0.3) is 5.91 Å². The lowest BCUT2D eigenvalue weighted by Gasteiger charge is -2.11. The Bertz CT molecular complexity index is 393. The summed E-state index contributed by atoms with van der Waals surface area (Å²) >= 11 is 0. The Balaban J connectivity index is 2.05. The fourth-order valence-electron chi connectivity index (χ4n) is 1.56. The number of rotatable bonds is 2. The monoisotopic (exact) mass is 204 g/mol. The predicted octanol–water partition coefficient (Wildman–Crippen LogP) is 1.24. The average Bonchev–Trinajstić information content (AvgIpc) is 2.71. The van der Waals surface area contributed by atoms with Gasteiger partial charge in [-0.3, -0.25) is 4.79 Å². The highest BCUT2D eigenvalue weighted by Gasteiger charge is 2.17. The maximum absolute atomic E-state index is 11.7. The van der Waals surface area contributed by atoms with Crippen LogP contribution in [0.25, 0.3) is 0 Å². The van der Waals surface area contributed by atoms with Crippen LogP contribution in [0.5, 0.6) is 5.75 Å². The van der Waals surface area contributed by atoms with Gasteiger partial charge < -0.3 is 10.4 Å². The molecule has 1 aromatic rings. The molecule has 15 heavy (non-hydrogen) atoms. The number of nitrogens with zero attached hydrogens (tertiary/aromatic N) is 1. The maximum atomic E-state index is 11.7. The first kappa shape index (κ1) is 9.71. The molecule has 0 spiro atoms. The van der Waals surface area contributed by atoms with Crippen LogP contribution in [0, 0.1) is 0 Å². The van der Waals surface area contributed by atoms with Crippen LogP contribution in [0.15, 0.2) is 30.5 Å². The van der Waals surface area contributed by atoms with Crippen LogP contribution >= 0.6 is 0 Å². The first-order valence-electron chi connectivity index (χ1n) is 4.87. The molecule has 0 radical (unpaired) electrons. The molecule has 4 nitrogen and oxygen atoms in total. The zero-order valence-corrected chi connectivity index (χ0v) is 8.18. The molecule has 1 aliphatic rings. The van der Waals surface area contributed by atoms with Gasteiger partial charge in [-0.15, -0.1) is 0 Å². The van der Waals surface area contributed by atoms with Crippen molar-refractivity contribution in [3.05, 3.63) is 36.2 Å². The molecule has 1 heterocycles. The van der Waals surface area contributed by atoms with Crippen LogP contribution in [0.2, 0.25) is 0 Å². The van der Waals surface area contributed by atoms with Gasteiger partial charge in [0, 0.05) is 12.2 Å². The Labute approximate surface area is 87.7 Å². The lowest BCUT2D eigenvalue weighted by molar-refractivity contribution is 0.0931. The normalized spacial score (nSPS) is 15.5. The lowest BCUT2D eigenvalue weighted by Crippen LogP contribution is -2.33. The Morgan fingerprint density at radius 2 is 2.20 bits per heavy atom. The molecule has 0 fully saturated rings. The topological polar surface area (TPSA) is 62.2 Å². The lowest BCUT2D eigenvalue weighted by atomic mass is 10.2. The van der Waals surface area contributed by atoms with Gasteiger partial charge in [0.15, 0.2) is 5.69 Å². The fourth-order valence-corrected chi connectivity index (χ4v) is 1.56. The number of carbonyl (C=O) groups excluding carboxylic acids is 1. The van der Waals surface area contributed by atoms with Crippen molar-refractivity contribution in [1.82, 2.24) is 10.3 Å². The summed E-state index contributed by atoms with van der Waals surface area (Å²) in [7, 11) is 0. The summed E-state index contributed by atoms with van der Waals surface area (Å²) in [6.07, 6.45) is 7.24. The molecule has 78 valence electrons. The minimum Gasteiger partial charge on any atom is -0.505 e. The van der Waals surface area contributed by atoms with Crippen LogP contribution < -0.4 is 5.32 Å². The van der Waals surface area contributed by atoms with E-state index in [4.69, 9.17) is 0 Å². The Hall–Kier alpha value is -1.84. The Kier molecular flexibility index (Phi) is 2.67. The number of pyridine rings is 1. The van der Waals surface area contributed by atoms with Crippen molar-refractivity contribution >= 4 is 5.91 Å². The Morgan fingerprint density at radius 1 is 1.47 bits per heavy atom. The molecular weight excluding hydrogens is 192 g/mol. The summed E-state index contributed by atoms with van der Waals surface area (Å²) in [4.78, 5) is 15.5. The van der Waals surface area contributed by atoms with Gasteiger partial charge in [-0.1, -0.05) is 12.2 Å². The number of carbonyl (C=O) groups is 1. The third kappa shape index (κ3) is 2.15. The number of amides is 1. The van der Waals surface area contributed by atoms with Crippen molar-refractivity contribution in [2.45, 2.75) is 18.9 Å². The highest BCUT2D eigenvalue weighted by Crippen LogP contribution is 2.14. The second kappa shape index (κ2) is 4.13. The average molecular weight is 204 g/mol. The van der Waals surface area contributed by atoms with Crippen LogP contribution in [0.3, 0.4) is 0 Å². The zero-order chi connectivity index (χ0) is 10.7. The van der Waals surface area contributed by atoms with E-state index < -0.39 is 0 Å².